The van der Waals surface area contributed by atoms with Gasteiger partial charge in [-0.1, -0.05) is 15.9 Å². The maximum atomic E-state index is 5.63. The molecule has 0 aliphatic carbocycles. The lowest BCUT2D eigenvalue weighted by Gasteiger charge is -2.08. The number of unbranched alkanes of at least 4 members (excludes halogenated alkanes) is 2. The summed E-state index contributed by atoms with van der Waals surface area (Å²) in [6, 6.07) is 7.94. The Morgan fingerprint density at radius 2 is 1.65 bits per heavy atom. The molecule has 1 aromatic rings. The molecule has 0 atom stereocenters. The molecule has 0 fully saturated rings. The minimum atomic E-state index is 0.342. The van der Waals surface area contributed by atoms with Crippen LogP contribution in [0.3, 0.4) is 0 Å². The van der Waals surface area contributed by atoms with Crippen LogP contribution >= 0.6 is 15.9 Å². The summed E-state index contributed by atoms with van der Waals surface area (Å²) in [5, 5.41) is 0. The third-order valence-electron chi connectivity index (χ3n) is 2.32. The molecule has 96 valence electrons. The van der Waals surface area contributed by atoms with Gasteiger partial charge in [-0.15, -0.1) is 0 Å². The van der Waals surface area contributed by atoms with Crippen molar-refractivity contribution in [1.29, 1.82) is 0 Å². The highest BCUT2D eigenvalue weighted by atomic mass is 79.9. The average Bonchev–Trinajstić information content (AvgIpc) is 2.30. The van der Waals surface area contributed by atoms with E-state index in [9.17, 15) is 0 Å². The third-order valence-corrected chi connectivity index (χ3v) is 2.85. The Balaban J connectivity index is 1.99. The highest BCUT2D eigenvalue weighted by molar-refractivity contribution is 9.10. The van der Waals surface area contributed by atoms with Gasteiger partial charge in [0.1, 0.15) is 5.75 Å². The molecule has 0 spiro atoms. The van der Waals surface area contributed by atoms with Crippen LogP contribution in [0.15, 0.2) is 28.7 Å². The monoisotopic (exact) mass is 300 g/mol. The molecule has 0 radical (unpaired) electrons. The third kappa shape index (κ3) is 7.40. The molecule has 2 nitrogen and oxygen atoms in total. The quantitative estimate of drug-likeness (QED) is 0.662. The van der Waals surface area contributed by atoms with Crippen LogP contribution in [0.5, 0.6) is 5.75 Å². The molecule has 0 saturated carbocycles. The molecular weight excluding hydrogens is 280 g/mol. The summed E-state index contributed by atoms with van der Waals surface area (Å²) in [5.41, 5.74) is 0. The number of rotatable bonds is 8. The first-order valence-corrected chi connectivity index (χ1v) is 6.98. The largest absolute Gasteiger partial charge is 0.494 e. The molecule has 1 rings (SSSR count). The summed E-state index contributed by atoms with van der Waals surface area (Å²) in [4.78, 5) is 0. The Kier molecular flexibility index (Phi) is 7.29. The van der Waals surface area contributed by atoms with E-state index in [0.29, 0.717) is 6.10 Å². The Labute approximate surface area is 112 Å². The maximum absolute atomic E-state index is 5.63. The number of hydrogen-bond donors (Lipinski definition) is 0. The van der Waals surface area contributed by atoms with Gasteiger partial charge in [-0.3, -0.25) is 0 Å². The molecule has 0 aliphatic heterocycles. The second-order valence-electron chi connectivity index (χ2n) is 4.28. The van der Waals surface area contributed by atoms with Gasteiger partial charge in [-0.05, 0) is 57.4 Å². The van der Waals surface area contributed by atoms with Crippen LogP contribution in [0, 0.1) is 0 Å². The normalized spacial score (nSPS) is 10.8. The van der Waals surface area contributed by atoms with Gasteiger partial charge >= 0.3 is 0 Å². The Bertz CT molecular complexity index is 296. The molecule has 0 aromatic heterocycles. The van der Waals surface area contributed by atoms with E-state index in [1.54, 1.807) is 0 Å². The predicted molar refractivity (Wildman–Crippen MR) is 74.6 cm³/mol. The van der Waals surface area contributed by atoms with E-state index in [1.165, 1.54) is 0 Å². The number of ether oxygens (including phenoxy) is 2. The highest BCUT2D eigenvalue weighted by Crippen LogP contribution is 2.16. The molecule has 0 heterocycles. The lowest BCUT2D eigenvalue weighted by Crippen LogP contribution is -2.04. The van der Waals surface area contributed by atoms with Crippen molar-refractivity contribution in [2.45, 2.75) is 39.2 Å². The number of benzene rings is 1. The molecular formula is C14H21BrO2. The molecule has 0 aliphatic rings. The lowest BCUT2D eigenvalue weighted by atomic mass is 10.2. The van der Waals surface area contributed by atoms with Crippen molar-refractivity contribution < 1.29 is 9.47 Å². The van der Waals surface area contributed by atoms with Gasteiger partial charge in [-0.25, -0.2) is 0 Å². The second-order valence-corrected chi connectivity index (χ2v) is 5.20. The van der Waals surface area contributed by atoms with Crippen molar-refractivity contribution in [3.63, 3.8) is 0 Å². The van der Waals surface area contributed by atoms with Crippen molar-refractivity contribution in [3.8, 4) is 5.75 Å². The van der Waals surface area contributed by atoms with Crippen LogP contribution in [0.2, 0.25) is 0 Å². The molecule has 1 aromatic carbocycles. The van der Waals surface area contributed by atoms with E-state index < -0.39 is 0 Å². The first-order chi connectivity index (χ1) is 8.18. The molecule has 17 heavy (non-hydrogen) atoms. The van der Waals surface area contributed by atoms with Crippen LogP contribution in [0.25, 0.3) is 0 Å². The molecule has 0 bridgehead atoms. The van der Waals surface area contributed by atoms with Gasteiger partial charge in [0.2, 0.25) is 0 Å². The van der Waals surface area contributed by atoms with Crippen LogP contribution in [0.1, 0.15) is 33.1 Å². The van der Waals surface area contributed by atoms with Gasteiger partial charge in [-0.2, -0.15) is 0 Å². The molecule has 0 saturated heterocycles. The zero-order valence-corrected chi connectivity index (χ0v) is 12.2. The topological polar surface area (TPSA) is 18.5 Å². The van der Waals surface area contributed by atoms with Gasteiger partial charge in [0.25, 0.3) is 0 Å². The fourth-order valence-electron chi connectivity index (χ4n) is 1.42. The van der Waals surface area contributed by atoms with E-state index in [1.807, 2.05) is 24.3 Å². The molecule has 0 N–H and O–H groups in total. The van der Waals surface area contributed by atoms with E-state index >= 15 is 0 Å². The van der Waals surface area contributed by atoms with Crippen LogP contribution in [0.4, 0.5) is 0 Å². The SMILES string of the molecule is CC(C)OCCCCCOc1ccc(Br)cc1. The van der Waals surface area contributed by atoms with Gasteiger partial charge < -0.3 is 9.47 Å². The van der Waals surface area contributed by atoms with Crippen LogP contribution in [-0.4, -0.2) is 19.3 Å². The van der Waals surface area contributed by atoms with Gasteiger partial charge in [0.05, 0.1) is 12.7 Å². The first kappa shape index (κ1) is 14.5. The summed E-state index contributed by atoms with van der Waals surface area (Å²) in [7, 11) is 0. The standard InChI is InChI=1S/C14H21BrO2/c1-12(2)16-10-4-3-5-11-17-14-8-6-13(15)7-9-14/h6-9,12H,3-5,10-11H2,1-2H3. The van der Waals surface area contributed by atoms with Gasteiger partial charge in [0.15, 0.2) is 0 Å². The fourth-order valence-corrected chi connectivity index (χ4v) is 1.69. The summed E-state index contributed by atoms with van der Waals surface area (Å²) in [6.07, 6.45) is 3.69. The van der Waals surface area contributed by atoms with E-state index in [0.717, 1.165) is 42.7 Å². The van der Waals surface area contributed by atoms with E-state index in [2.05, 4.69) is 29.8 Å². The zero-order chi connectivity index (χ0) is 12.5. The zero-order valence-electron chi connectivity index (χ0n) is 10.6. The molecule has 3 heteroatoms. The van der Waals surface area contributed by atoms with Crippen molar-refractivity contribution in [2.24, 2.45) is 0 Å². The number of halogens is 1. The number of hydrogen-bond acceptors (Lipinski definition) is 2. The summed E-state index contributed by atoms with van der Waals surface area (Å²) < 4.78 is 12.2. The first-order valence-electron chi connectivity index (χ1n) is 6.18. The second kappa shape index (κ2) is 8.54. The summed E-state index contributed by atoms with van der Waals surface area (Å²) in [6.45, 7) is 5.77. The van der Waals surface area contributed by atoms with Crippen molar-refractivity contribution in [3.05, 3.63) is 28.7 Å². The molecule has 0 unspecified atom stereocenters. The Hall–Kier alpha value is -0.540. The van der Waals surface area contributed by atoms with Crippen LogP contribution in [-0.2, 0) is 4.74 Å². The van der Waals surface area contributed by atoms with Crippen LogP contribution < -0.4 is 4.74 Å². The Morgan fingerprint density at radius 1 is 1.00 bits per heavy atom. The van der Waals surface area contributed by atoms with Crippen molar-refractivity contribution >= 4 is 15.9 Å². The van der Waals surface area contributed by atoms with Crippen molar-refractivity contribution in [2.75, 3.05) is 13.2 Å². The predicted octanol–water partition coefficient (Wildman–Crippen LogP) is 4.42. The lowest BCUT2D eigenvalue weighted by molar-refractivity contribution is 0.0752. The van der Waals surface area contributed by atoms with Crippen molar-refractivity contribution in [1.82, 2.24) is 0 Å². The highest BCUT2D eigenvalue weighted by Gasteiger charge is 1.95. The maximum Gasteiger partial charge on any atom is 0.119 e. The fraction of sp³-hybridized carbons (Fsp3) is 0.571. The van der Waals surface area contributed by atoms with E-state index in [4.69, 9.17) is 9.47 Å². The smallest absolute Gasteiger partial charge is 0.119 e. The van der Waals surface area contributed by atoms with E-state index in [-0.39, 0.29) is 0 Å². The molecule has 0 amide bonds. The summed E-state index contributed by atoms with van der Waals surface area (Å²) in [5.74, 6) is 0.937. The minimum Gasteiger partial charge on any atom is -0.494 e. The van der Waals surface area contributed by atoms with Gasteiger partial charge in [0, 0.05) is 11.1 Å². The average molecular weight is 301 g/mol. The summed E-state index contributed by atoms with van der Waals surface area (Å²) >= 11 is 3.40. The minimum absolute atomic E-state index is 0.342. The Morgan fingerprint density at radius 3 is 2.29 bits per heavy atom.